The number of hydrogen-bond donors (Lipinski definition) is 0. The second kappa shape index (κ2) is 7.18. The first-order valence-corrected chi connectivity index (χ1v) is 15.4. The number of hydrogen-bond acceptors (Lipinski definition) is 0. The van der Waals surface area contributed by atoms with Gasteiger partial charge in [-0.05, 0) is 0 Å². The molecular formula is C22H22Sn. The Morgan fingerprint density at radius 1 is 0.696 bits per heavy atom. The third-order valence-electron chi connectivity index (χ3n) is 4.76. The summed E-state index contributed by atoms with van der Waals surface area (Å²) in [5, 5.41) is 0. The molecule has 0 N–H and O–H groups in total. The quantitative estimate of drug-likeness (QED) is 0.437. The van der Waals surface area contributed by atoms with Gasteiger partial charge in [0, 0.05) is 0 Å². The Bertz CT molecular complexity index is 708. The van der Waals surface area contributed by atoms with Gasteiger partial charge in [0.1, 0.15) is 0 Å². The molecule has 0 aliphatic carbocycles. The molecule has 1 unspecified atom stereocenters. The maximum absolute atomic E-state index is 4.21. The van der Waals surface area contributed by atoms with E-state index >= 15 is 0 Å². The molecule has 0 aliphatic heterocycles. The molecular weight excluding hydrogens is 383 g/mol. The zero-order chi connectivity index (χ0) is 16.1. The van der Waals surface area contributed by atoms with Gasteiger partial charge in [-0.25, -0.2) is 0 Å². The first-order valence-electron chi connectivity index (χ1n) is 8.05. The molecule has 0 spiro atoms. The van der Waals surface area contributed by atoms with Crippen molar-refractivity contribution in [3.05, 3.63) is 109 Å². The Morgan fingerprint density at radius 2 is 1.09 bits per heavy atom. The Hall–Kier alpha value is -1.80. The van der Waals surface area contributed by atoms with Gasteiger partial charge in [0.05, 0.1) is 0 Å². The minimum absolute atomic E-state index is 0.412. The van der Waals surface area contributed by atoms with Gasteiger partial charge in [-0.3, -0.25) is 0 Å². The van der Waals surface area contributed by atoms with E-state index in [9.17, 15) is 0 Å². The first-order chi connectivity index (χ1) is 11.3. The summed E-state index contributed by atoms with van der Waals surface area (Å²) in [6.07, 6.45) is 2.17. The van der Waals surface area contributed by atoms with E-state index in [1.165, 1.54) is 12.7 Å². The van der Waals surface area contributed by atoms with Crippen LogP contribution in [0, 0.1) is 0 Å². The molecule has 0 aliphatic rings. The van der Waals surface area contributed by atoms with E-state index in [4.69, 9.17) is 0 Å². The molecule has 3 aromatic carbocycles. The van der Waals surface area contributed by atoms with Crippen LogP contribution >= 0.6 is 0 Å². The maximum atomic E-state index is 4.21. The predicted octanol–water partition coefficient (Wildman–Crippen LogP) is 4.39. The van der Waals surface area contributed by atoms with Crippen LogP contribution in [0.25, 0.3) is 0 Å². The second-order valence-corrected chi connectivity index (χ2v) is 18.0. The molecule has 0 bridgehead atoms. The van der Waals surface area contributed by atoms with Crippen molar-refractivity contribution in [2.24, 2.45) is 0 Å². The van der Waals surface area contributed by atoms with Crippen LogP contribution in [0.4, 0.5) is 0 Å². The average Bonchev–Trinajstić information content (AvgIpc) is 2.64. The molecule has 3 aromatic rings. The van der Waals surface area contributed by atoms with Gasteiger partial charge in [-0.1, -0.05) is 0 Å². The van der Waals surface area contributed by atoms with Gasteiger partial charge in [0.15, 0.2) is 0 Å². The molecule has 0 radical (unpaired) electrons. The molecule has 0 amide bonds. The van der Waals surface area contributed by atoms with Crippen LogP contribution in [0.3, 0.4) is 0 Å². The van der Waals surface area contributed by atoms with Gasteiger partial charge in [-0.2, -0.15) is 0 Å². The standard InChI is InChI=1S/C9H9.2C6H5.CH3.Sn/c1-2-6-9-7-4-3-5-8-9;2*1-2-4-6-5-3-1;;/h2-8H,1H2;2*1-5H;1H3;. The van der Waals surface area contributed by atoms with Crippen LogP contribution in [0.5, 0.6) is 0 Å². The topological polar surface area (TPSA) is 0 Å². The SMILES string of the molecule is C=C[CH](c1ccccc1)[Sn]([CH3])([c]1ccccc1)[c]1ccccc1. The Balaban J connectivity index is 2.22. The zero-order valence-corrected chi connectivity index (χ0v) is 16.4. The summed E-state index contributed by atoms with van der Waals surface area (Å²) in [6.45, 7) is 4.21. The number of benzene rings is 3. The molecule has 1 heteroatoms. The Morgan fingerprint density at radius 3 is 1.48 bits per heavy atom. The van der Waals surface area contributed by atoms with E-state index in [1.807, 2.05) is 0 Å². The van der Waals surface area contributed by atoms with Crippen LogP contribution in [0.15, 0.2) is 104 Å². The molecule has 0 saturated carbocycles. The summed E-state index contributed by atoms with van der Waals surface area (Å²) in [5.41, 5.74) is 1.38. The van der Waals surface area contributed by atoms with Crippen molar-refractivity contribution in [2.75, 3.05) is 0 Å². The summed E-state index contributed by atoms with van der Waals surface area (Å²) in [5.74, 6) is 0. The van der Waals surface area contributed by atoms with Crippen LogP contribution in [-0.4, -0.2) is 18.4 Å². The molecule has 23 heavy (non-hydrogen) atoms. The van der Waals surface area contributed by atoms with E-state index in [-0.39, 0.29) is 0 Å². The van der Waals surface area contributed by atoms with Gasteiger partial charge in [0.25, 0.3) is 0 Å². The summed E-state index contributed by atoms with van der Waals surface area (Å²) in [4.78, 5) is 2.53. The van der Waals surface area contributed by atoms with Gasteiger partial charge in [0.2, 0.25) is 0 Å². The molecule has 0 aromatic heterocycles. The second-order valence-electron chi connectivity index (χ2n) is 6.06. The van der Waals surface area contributed by atoms with E-state index in [0.717, 1.165) is 0 Å². The van der Waals surface area contributed by atoms with Crippen LogP contribution in [-0.2, 0) is 0 Å². The molecule has 0 saturated heterocycles. The van der Waals surface area contributed by atoms with Crippen LogP contribution in [0.1, 0.15) is 9.50 Å². The van der Waals surface area contributed by atoms with E-state index in [1.54, 1.807) is 0 Å². The van der Waals surface area contributed by atoms with E-state index in [0.29, 0.717) is 3.93 Å². The third-order valence-corrected chi connectivity index (χ3v) is 18.7. The van der Waals surface area contributed by atoms with Gasteiger partial charge < -0.3 is 0 Å². The van der Waals surface area contributed by atoms with Crippen molar-refractivity contribution in [3.8, 4) is 0 Å². The molecule has 0 fully saturated rings. The van der Waals surface area contributed by atoms with Gasteiger partial charge >= 0.3 is 144 Å². The van der Waals surface area contributed by atoms with Crippen molar-refractivity contribution in [1.29, 1.82) is 0 Å². The Labute approximate surface area is 143 Å². The number of allylic oxidation sites excluding steroid dienone is 1. The summed E-state index contributed by atoms with van der Waals surface area (Å²) < 4.78 is 3.44. The average molecular weight is 405 g/mol. The minimum atomic E-state index is -2.93. The number of rotatable bonds is 5. The summed E-state index contributed by atoms with van der Waals surface area (Å²) in [6, 6.07) is 32.9. The molecule has 1 atom stereocenters. The first kappa shape index (κ1) is 16.1. The van der Waals surface area contributed by atoms with E-state index in [2.05, 4.69) is 109 Å². The molecule has 0 heterocycles. The third kappa shape index (κ3) is 3.13. The fraction of sp³-hybridized carbons (Fsp3) is 0.0909. The molecule has 0 nitrogen and oxygen atoms in total. The summed E-state index contributed by atoms with van der Waals surface area (Å²) >= 11 is -2.93. The van der Waals surface area contributed by atoms with Gasteiger partial charge in [-0.15, -0.1) is 0 Å². The van der Waals surface area contributed by atoms with Crippen molar-refractivity contribution in [3.63, 3.8) is 0 Å². The normalized spacial score (nSPS) is 12.6. The Kier molecular flexibility index (Phi) is 5.02. The van der Waals surface area contributed by atoms with Crippen molar-refractivity contribution >= 4 is 25.5 Å². The van der Waals surface area contributed by atoms with Crippen molar-refractivity contribution < 1.29 is 0 Å². The predicted molar refractivity (Wildman–Crippen MR) is 103 cm³/mol. The summed E-state index contributed by atoms with van der Waals surface area (Å²) in [7, 11) is 0. The monoisotopic (exact) mass is 406 g/mol. The molecule has 114 valence electrons. The fourth-order valence-corrected chi connectivity index (χ4v) is 15.3. The van der Waals surface area contributed by atoms with Crippen molar-refractivity contribution in [1.82, 2.24) is 0 Å². The fourth-order valence-electron chi connectivity index (χ4n) is 3.46. The zero-order valence-electron chi connectivity index (χ0n) is 13.5. The van der Waals surface area contributed by atoms with Crippen LogP contribution in [0.2, 0.25) is 4.94 Å². The van der Waals surface area contributed by atoms with Crippen molar-refractivity contribution in [2.45, 2.75) is 8.87 Å². The van der Waals surface area contributed by atoms with E-state index < -0.39 is 18.4 Å². The molecule has 3 rings (SSSR count). The van der Waals surface area contributed by atoms with Crippen LogP contribution < -0.4 is 7.16 Å².